The highest BCUT2D eigenvalue weighted by molar-refractivity contribution is 5.88. The van der Waals surface area contributed by atoms with Crippen LogP contribution in [0.1, 0.15) is 5.56 Å². The molecule has 26 heavy (non-hydrogen) atoms. The molecule has 0 aromatic heterocycles. The molecule has 0 saturated carbocycles. The number of carboxylic acids is 2. The second kappa shape index (κ2) is 7.57. The molecule has 10 nitrogen and oxygen atoms in total. The van der Waals surface area contributed by atoms with Crippen LogP contribution in [0.4, 0.5) is 0 Å². The van der Waals surface area contributed by atoms with Crippen LogP contribution in [0.25, 0.3) is 6.08 Å². The van der Waals surface area contributed by atoms with E-state index in [1.807, 2.05) is 0 Å². The Balaban J connectivity index is 2.13. The Morgan fingerprint density at radius 1 is 1.12 bits per heavy atom. The molecule has 1 aliphatic heterocycles. The van der Waals surface area contributed by atoms with E-state index < -0.39 is 47.7 Å². The first-order valence-electron chi connectivity index (χ1n) is 7.12. The molecule has 1 aromatic carbocycles. The Morgan fingerprint density at radius 2 is 1.81 bits per heavy atom. The first-order chi connectivity index (χ1) is 12.2. The molecule has 1 heterocycles. The Hall–Kier alpha value is -3.53. The summed E-state index contributed by atoms with van der Waals surface area (Å²) in [6.07, 6.45) is -2.36. The second-order valence-corrected chi connectivity index (χ2v) is 5.19. The summed E-state index contributed by atoms with van der Waals surface area (Å²) >= 11 is 0. The molecular formula is C16H14O10. The number of phenols is 2. The van der Waals surface area contributed by atoms with Gasteiger partial charge in [-0.2, -0.15) is 0 Å². The van der Waals surface area contributed by atoms with Crippen LogP contribution in [-0.4, -0.2) is 61.8 Å². The lowest BCUT2D eigenvalue weighted by Crippen LogP contribution is -2.48. The van der Waals surface area contributed by atoms with Crippen LogP contribution in [-0.2, 0) is 23.9 Å². The molecule has 3 atom stereocenters. The van der Waals surface area contributed by atoms with E-state index in [1.54, 1.807) is 0 Å². The Kier molecular flexibility index (Phi) is 5.48. The highest BCUT2D eigenvalue weighted by Gasteiger charge is 2.41. The van der Waals surface area contributed by atoms with E-state index in [0.29, 0.717) is 5.56 Å². The third kappa shape index (κ3) is 4.30. The predicted octanol–water partition coefficient (Wildman–Crippen LogP) is -0.164. The lowest BCUT2D eigenvalue weighted by atomic mass is 10.0. The maximum Gasteiger partial charge on any atom is 0.370 e. The zero-order valence-electron chi connectivity index (χ0n) is 13.0. The minimum absolute atomic E-state index is 0.343. The van der Waals surface area contributed by atoms with Gasteiger partial charge >= 0.3 is 17.9 Å². The summed E-state index contributed by atoms with van der Waals surface area (Å²) in [5.41, 5.74) is 0.343. The number of carbonyl (C=O) groups is 3. The van der Waals surface area contributed by atoms with Gasteiger partial charge in [0.05, 0.1) is 0 Å². The van der Waals surface area contributed by atoms with E-state index in [-0.39, 0.29) is 5.75 Å². The average molecular weight is 366 g/mol. The van der Waals surface area contributed by atoms with Crippen LogP contribution in [0.5, 0.6) is 11.5 Å². The van der Waals surface area contributed by atoms with Gasteiger partial charge in [-0.1, -0.05) is 6.07 Å². The molecule has 5 N–H and O–H groups in total. The standard InChI is InChI=1S/C16H14O10/c17-8-3-1-7(5-9(8)18)2-4-12(19)25-10-6-11(15(21)22)26-14(13(10)20)16(23)24/h1-6,10,13-14,17-18,20H,(H,21,22)(H,23,24)/b4-2+/t10-,13-,14-/m1/s1. The number of aliphatic hydroxyl groups is 1. The van der Waals surface area contributed by atoms with Crippen LogP contribution in [0.2, 0.25) is 0 Å². The fourth-order valence-electron chi connectivity index (χ4n) is 2.07. The van der Waals surface area contributed by atoms with Gasteiger partial charge in [-0.15, -0.1) is 0 Å². The van der Waals surface area contributed by atoms with Crippen LogP contribution < -0.4 is 0 Å². The van der Waals surface area contributed by atoms with Crippen molar-refractivity contribution in [3.8, 4) is 11.5 Å². The van der Waals surface area contributed by atoms with Gasteiger partial charge in [0.25, 0.3) is 0 Å². The fraction of sp³-hybridized carbons (Fsp3) is 0.188. The lowest BCUT2D eigenvalue weighted by molar-refractivity contribution is -0.172. The van der Waals surface area contributed by atoms with E-state index in [2.05, 4.69) is 4.74 Å². The third-order valence-electron chi connectivity index (χ3n) is 3.33. The maximum absolute atomic E-state index is 11.8. The van der Waals surface area contributed by atoms with E-state index in [1.165, 1.54) is 24.3 Å². The SMILES string of the molecule is O=C(/C=C/c1ccc(O)c(O)c1)O[C@@H]1C=C(C(=O)O)O[C@@H](C(=O)O)[C@@H]1O. The van der Waals surface area contributed by atoms with Gasteiger partial charge in [-0.3, -0.25) is 0 Å². The molecule has 1 aliphatic rings. The molecule has 0 unspecified atom stereocenters. The van der Waals surface area contributed by atoms with Crippen molar-refractivity contribution < 1.29 is 49.4 Å². The van der Waals surface area contributed by atoms with Gasteiger partial charge in [0.15, 0.2) is 17.6 Å². The minimum atomic E-state index is -1.91. The topological polar surface area (TPSA) is 171 Å². The van der Waals surface area contributed by atoms with E-state index in [0.717, 1.165) is 12.2 Å². The molecular weight excluding hydrogens is 352 g/mol. The summed E-state index contributed by atoms with van der Waals surface area (Å²) in [4.78, 5) is 33.8. The summed E-state index contributed by atoms with van der Waals surface area (Å²) in [6, 6.07) is 3.76. The van der Waals surface area contributed by atoms with Crippen molar-refractivity contribution in [2.45, 2.75) is 18.3 Å². The molecule has 138 valence electrons. The largest absolute Gasteiger partial charge is 0.504 e. The van der Waals surface area contributed by atoms with Crippen molar-refractivity contribution >= 4 is 24.0 Å². The number of carboxylic acid groups (broad SMARTS) is 2. The number of hydrogen-bond acceptors (Lipinski definition) is 8. The number of rotatable bonds is 5. The summed E-state index contributed by atoms with van der Waals surface area (Å²) < 4.78 is 9.51. The van der Waals surface area contributed by atoms with Crippen LogP contribution in [0, 0.1) is 0 Å². The molecule has 10 heteroatoms. The number of esters is 1. The average Bonchev–Trinajstić information content (AvgIpc) is 2.57. The molecule has 0 bridgehead atoms. The first kappa shape index (κ1) is 18.8. The van der Waals surface area contributed by atoms with Crippen molar-refractivity contribution in [1.29, 1.82) is 0 Å². The number of phenolic OH excluding ortho intramolecular Hbond substituents is 2. The van der Waals surface area contributed by atoms with Gasteiger partial charge < -0.3 is 35.0 Å². The molecule has 0 aliphatic carbocycles. The number of aromatic hydroxyl groups is 2. The van der Waals surface area contributed by atoms with Gasteiger partial charge in [0.1, 0.15) is 6.10 Å². The normalized spacial score (nSPS) is 22.3. The Bertz CT molecular complexity index is 794. The van der Waals surface area contributed by atoms with Gasteiger partial charge in [-0.25, -0.2) is 14.4 Å². The molecule has 0 fully saturated rings. The number of hydrogen-bond donors (Lipinski definition) is 5. The van der Waals surface area contributed by atoms with Crippen molar-refractivity contribution in [2.24, 2.45) is 0 Å². The summed E-state index contributed by atoms with van der Waals surface area (Å²) in [5, 5.41) is 46.3. The van der Waals surface area contributed by atoms with Gasteiger partial charge in [0.2, 0.25) is 11.9 Å². The van der Waals surface area contributed by atoms with Crippen molar-refractivity contribution in [1.82, 2.24) is 0 Å². The quantitative estimate of drug-likeness (QED) is 0.268. The van der Waals surface area contributed by atoms with E-state index in [4.69, 9.17) is 14.9 Å². The highest BCUT2D eigenvalue weighted by Crippen LogP contribution is 2.25. The van der Waals surface area contributed by atoms with Gasteiger partial charge in [-0.05, 0) is 23.8 Å². The maximum atomic E-state index is 11.8. The highest BCUT2D eigenvalue weighted by atomic mass is 16.6. The fourth-order valence-corrected chi connectivity index (χ4v) is 2.07. The van der Waals surface area contributed by atoms with Crippen molar-refractivity contribution in [3.05, 3.63) is 41.7 Å². The third-order valence-corrected chi connectivity index (χ3v) is 3.33. The Morgan fingerprint density at radius 3 is 2.38 bits per heavy atom. The van der Waals surface area contributed by atoms with E-state index in [9.17, 15) is 29.7 Å². The molecule has 0 spiro atoms. The number of aliphatic hydroxyl groups excluding tert-OH is 1. The number of aliphatic carboxylic acids is 2. The zero-order valence-corrected chi connectivity index (χ0v) is 13.0. The smallest absolute Gasteiger partial charge is 0.370 e. The zero-order chi connectivity index (χ0) is 19.4. The molecule has 0 saturated heterocycles. The second-order valence-electron chi connectivity index (χ2n) is 5.19. The van der Waals surface area contributed by atoms with Crippen molar-refractivity contribution in [2.75, 3.05) is 0 Å². The Labute approximate surface area is 145 Å². The molecule has 0 amide bonds. The molecule has 2 rings (SSSR count). The van der Waals surface area contributed by atoms with Crippen LogP contribution in [0.3, 0.4) is 0 Å². The summed E-state index contributed by atoms with van der Waals surface area (Å²) in [7, 11) is 0. The number of benzene rings is 1. The lowest BCUT2D eigenvalue weighted by Gasteiger charge is -2.30. The minimum Gasteiger partial charge on any atom is -0.504 e. The van der Waals surface area contributed by atoms with Gasteiger partial charge in [0, 0.05) is 12.2 Å². The van der Waals surface area contributed by atoms with E-state index >= 15 is 0 Å². The van der Waals surface area contributed by atoms with Crippen LogP contribution >= 0.6 is 0 Å². The first-order valence-corrected chi connectivity index (χ1v) is 7.12. The van der Waals surface area contributed by atoms with Crippen LogP contribution in [0.15, 0.2) is 36.1 Å². The van der Waals surface area contributed by atoms with Crippen molar-refractivity contribution in [3.63, 3.8) is 0 Å². The molecule has 0 radical (unpaired) electrons. The number of carbonyl (C=O) groups excluding carboxylic acids is 1. The summed E-state index contributed by atoms with van der Waals surface area (Å²) in [5.74, 6) is -5.73. The predicted molar refractivity (Wildman–Crippen MR) is 82.9 cm³/mol. The summed E-state index contributed by atoms with van der Waals surface area (Å²) in [6.45, 7) is 0. The molecule has 1 aromatic rings. The number of ether oxygens (including phenoxy) is 2. The monoisotopic (exact) mass is 366 g/mol.